The van der Waals surface area contributed by atoms with Crippen LogP contribution < -0.4 is 5.32 Å². The van der Waals surface area contributed by atoms with Crippen molar-refractivity contribution >= 4 is 17.0 Å². The zero-order valence-electron chi connectivity index (χ0n) is 8.52. The van der Waals surface area contributed by atoms with Crippen molar-refractivity contribution in [3.8, 4) is 0 Å². The monoisotopic (exact) mass is 191 g/mol. The maximum Gasteiger partial charge on any atom is 0.165 e. The van der Waals surface area contributed by atoms with Gasteiger partial charge in [0.05, 0.1) is 6.33 Å². The van der Waals surface area contributed by atoms with E-state index in [1.165, 1.54) is 0 Å². The number of rotatable bonds is 2. The fourth-order valence-electron chi connectivity index (χ4n) is 1.41. The average molecular weight is 191 g/mol. The summed E-state index contributed by atoms with van der Waals surface area (Å²) in [5.41, 5.74) is 1.70. The van der Waals surface area contributed by atoms with Crippen molar-refractivity contribution in [3.63, 3.8) is 0 Å². The molecular weight excluding hydrogens is 178 g/mol. The van der Waals surface area contributed by atoms with Crippen LogP contribution in [0.25, 0.3) is 11.2 Å². The van der Waals surface area contributed by atoms with Crippen molar-refractivity contribution in [1.82, 2.24) is 19.5 Å². The van der Waals surface area contributed by atoms with Gasteiger partial charge in [0.1, 0.15) is 11.8 Å². The third-order valence-corrected chi connectivity index (χ3v) is 2.15. The van der Waals surface area contributed by atoms with Gasteiger partial charge in [0.15, 0.2) is 11.5 Å². The van der Waals surface area contributed by atoms with Gasteiger partial charge in [-0.05, 0) is 13.8 Å². The van der Waals surface area contributed by atoms with Crippen LogP contribution in [0, 0.1) is 0 Å². The first-order valence-electron chi connectivity index (χ1n) is 4.59. The molecule has 0 aliphatic carbocycles. The van der Waals surface area contributed by atoms with Crippen LogP contribution in [0.4, 0.5) is 5.82 Å². The van der Waals surface area contributed by atoms with E-state index in [9.17, 15) is 0 Å². The molecule has 14 heavy (non-hydrogen) atoms. The Morgan fingerprint density at radius 2 is 2.07 bits per heavy atom. The topological polar surface area (TPSA) is 55.6 Å². The molecule has 74 valence electrons. The summed E-state index contributed by atoms with van der Waals surface area (Å²) in [6, 6.07) is 0.361. The van der Waals surface area contributed by atoms with E-state index in [1.54, 1.807) is 12.7 Å². The summed E-state index contributed by atoms with van der Waals surface area (Å²) in [4.78, 5) is 12.6. The number of nitrogens with zero attached hydrogens (tertiary/aromatic N) is 4. The quantitative estimate of drug-likeness (QED) is 0.780. The predicted molar refractivity (Wildman–Crippen MR) is 55.3 cm³/mol. The van der Waals surface area contributed by atoms with Crippen LogP contribution in [0.2, 0.25) is 0 Å². The number of nitrogens with one attached hydrogen (secondary N) is 1. The maximum absolute atomic E-state index is 4.29. The van der Waals surface area contributed by atoms with Crippen LogP contribution in [-0.2, 0) is 0 Å². The largest absolute Gasteiger partial charge is 0.371 e. The molecule has 0 atom stereocenters. The molecule has 2 heterocycles. The lowest BCUT2D eigenvalue weighted by atomic mass is 10.4. The Labute approximate surface area is 82.2 Å². The third kappa shape index (κ3) is 1.21. The second kappa shape index (κ2) is 3.25. The van der Waals surface area contributed by atoms with Crippen molar-refractivity contribution in [1.29, 1.82) is 0 Å². The van der Waals surface area contributed by atoms with Crippen molar-refractivity contribution in [3.05, 3.63) is 12.7 Å². The molecule has 0 radical (unpaired) electrons. The van der Waals surface area contributed by atoms with Gasteiger partial charge in [-0.2, -0.15) is 0 Å². The predicted octanol–water partition coefficient (Wildman–Crippen LogP) is 1.45. The highest BCUT2D eigenvalue weighted by Crippen LogP contribution is 2.19. The summed E-state index contributed by atoms with van der Waals surface area (Å²) in [5, 5.41) is 3.00. The minimum absolute atomic E-state index is 0.361. The first-order valence-corrected chi connectivity index (χ1v) is 4.59. The Hall–Kier alpha value is -1.65. The average Bonchev–Trinajstić information content (AvgIpc) is 2.60. The van der Waals surface area contributed by atoms with Gasteiger partial charge in [0, 0.05) is 13.1 Å². The first-order chi connectivity index (χ1) is 6.74. The number of hydrogen-bond acceptors (Lipinski definition) is 4. The highest BCUT2D eigenvalue weighted by Gasteiger charge is 2.09. The minimum atomic E-state index is 0.361. The van der Waals surface area contributed by atoms with Crippen LogP contribution >= 0.6 is 0 Å². The SMILES string of the molecule is CNc1ncnc2c1ncn2C(C)C. The van der Waals surface area contributed by atoms with Gasteiger partial charge in [-0.3, -0.25) is 0 Å². The van der Waals surface area contributed by atoms with Gasteiger partial charge in [-0.25, -0.2) is 15.0 Å². The zero-order chi connectivity index (χ0) is 10.1. The van der Waals surface area contributed by atoms with E-state index in [4.69, 9.17) is 0 Å². The molecule has 1 N–H and O–H groups in total. The fourth-order valence-corrected chi connectivity index (χ4v) is 1.41. The van der Waals surface area contributed by atoms with Gasteiger partial charge in [-0.15, -0.1) is 0 Å². The van der Waals surface area contributed by atoms with Gasteiger partial charge in [0.2, 0.25) is 0 Å². The number of aromatic nitrogens is 4. The molecule has 0 aromatic carbocycles. The first kappa shape index (κ1) is 8.93. The summed E-state index contributed by atoms with van der Waals surface area (Å²) in [6.07, 6.45) is 3.35. The van der Waals surface area contributed by atoms with Crippen LogP contribution in [0.15, 0.2) is 12.7 Å². The van der Waals surface area contributed by atoms with Crippen molar-refractivity contribution in [2.45, 2.75) is 19.9 Å². The molecular formula is C9H13N5. The molecule has 2 rings (SSSR count). The van der Waals surface area contributed by atoms with Crippen LogP contribution in [0.3, 0.4) is 0 Å². The molecule has 0 unspecified atom stereocenters. The van der Waals surface area contributed by atoms with E-state index in [0.29, 0.717) is 6.04 Å². The summed E-state index contributed by atoms with van der Waals surface area (Å²) in [7, 11) is 1.83. The molecule has 0 aliphatic rings. The van der Waals surface area contributed by atoms with Crippen LogP contribution in [-0.4, -0.2) is 26.6 Å². The summed E-state index contributed by atoms with van der Waals surface area (Å²) in [5.74, 6) is 0.773. The third-order valence-electron chi connectivity index (χ3n) is 2.15. The lowest BCUT2D eigenvalue weighted by Gasteiger charge is -2.06. The molecule has 0 fully saturated rings. The van der Waals surface area contributed by atoms with E-state index < -0.39 is 0 Å². The highest BCUT2D eigenvalue weighted by atomic mass is 15.1. The standard InChI is InChI=1S/C9H13N5/c1-6(2)14-5-13-7-8(10-3)11-4-12-9(7)14/h4-6H,1-3H3,(H,10,11,12). The maximum atomic E-state index is 4.29. The molecule has 0 amide bonds. The van der Waals surface area contributed by atoms with Crippen molar-refractivity contribution in [2.75, 3.05) is 12.4 Å². The lowest BCUT2D eigenvalue weighted by Crippen LogP contribution is -2.01. The van der Waals surface area contributed by atoms with Crippen LogP contribution in [0.5, 0.6) is 0 Å². The second-order valence-corrected chi connectivity index (χ2v) is 3.39. The molecule has 0 saturated carbocycles. The number of imidazole rings is 1. The van der Waals surface area contributed by atoms with Gasteiger partial charge in [0.25, 0.3) is 0 Å². The van der Waals surface area contributed by atoms with Crippen LogP contribution in [0.1, 0.15) is 19.9 Å². The van der Waals surface area contributed by atoms with E-state index in [-0.39, 0.29) is 0 Å². The molecule has 5 nitrogen and oxygen atoms in total. The van der Waals surface area contributed by atoms with Gasteiger partial charge in [-0.1, -0.05) is 0 Å². The highest BCUT2D eigenvalue weighted by molar-refractivity contribution is 5.82. The smallest absolute Gasteiger partial charge is 0.165 e. The van der Waals surface area contributed by atoms with E-state index in [1.807, 2.05) is 11.6 Å². The van der Waals surface area contributed by atoms with Crippen molar-refractivity contribution in [2.24, 2.45) is 0 Å². The summed E-state index contributed by atoms with van der Waals surface area (Å²) in [6.45, 7) is 4.20. The Bertz CT molecular complexity index is 445. The Morgan fingerprint density at radius 3 is 2.71 bits per heavy atom. The molecule has 2 aromatic heterocycles. The fraction of sp³-hybridized carbons (Fsp3) is 0.444. The molecule has 0 saturated heterocycles. The van der Waals surface area contributed by atoms with Crippen molar-refractivity contribution < 1.29 is 0 Å². The second-order valence-electron chi connectivity index (χ2n) is 3.39. The normalized spacial score (nSPS) is 11.1. The lowest BCUT2D eigenvalue weighted by molar-refractivity contribution is 0.612. The molecule has 0 aliphatic heterocycles. The Balaban J connectivity index is 2.69. The number of fused-ring (bicyclic) bond motifs is 1. The number of anilines is 1. The Morgan fingerprint density at radius 1 is 1.29 bits per heavy atom. The zero-order valence-corrected chi connectivity index (χ0v) is 8.52. The molecule has 2 aromatic rings. The van der Waals surface area contributed by atoms with Gasteiger partial charge >= 0.3 is 0 Å². The molecule has 0 bridgehead atoms. The molecule has 0 spiro atoms. The Kier molecular flexibility index (Phi) is 2.07. The minimum Gasteiger partial charge on any atom is -0.371 e. The van der Waals surface area contributed by atoms with E-state index in [0.717, 1.165) is 17.0 Å². The van der Waals surface area contributed by atoms with Gasteiger partial charge < -0.3 is 9.88 Å². The summed E-state index contributed by atoms with van der Waals surface area (Å²) >= 11 is 0. The van der Waals surface area contributed by atoms with E-state index >= 15 is 0 Å². The number of hydrogen-bond donors (Lipinski definition) is 1. The van der Waals surface area contributed by atoms with E-state index in [2.05, 4.69) is 34.1 Å². The molecule has 5 heteroatoms. The summed E-state index contributed by atoms with van der Waals surface area (Å²) < 4.78 is 2.03.